The van der Waals surface area contributed by atoms with Crippen LogP contribution in [-0.4, -0.2) is 29.8 Å². The Balaban J connectivity index is 1.97. The molecule has 5 heteroatoms. The fourth-order valence-corrected chi connectivity index (χ4v) is 2.90. The lowest BCUT2D eigenvalue weighted by atomic mass is 9.80. The number of halogens is 1. The van der Waals surface area contributed by atoms with Crippen molar-refractivity contribution in [1.82, 2.24) is 10.2 Å². The topological polar surface area (TPSA) is 49.4 Å². The van der Waals surface area contributed by atoms with E-state index in [-0.39, 0.29) is 17.6 Å². The molecule has 1 atom stereocenters. The lowest BCUT2D eigenvalue weighted by molar-refractivity contribution is -0.140. The summed E-state index contributed by atoms with van der Waals surface area (Å²) < 4.78 is 13.1. The van der Waals surface area contributed by atoms with E-state index in [0.717, 1.165) is 24.9 Å². The third-order valence-corrected chi connectivity index (χ3v) is 4.24. The van der Waals surface area contributed by atoms with Gasteiger partial charge in [0, 0.05) is 26.1 Å². The van der Waals surface area contributed by atoms with Crippen molar-refractivity contribution in [3.05, 3.63) is 35.6 Å². The third-order valence-electron chi connectivity index (χ3n) is 4.24. The molecule has 22 heavy (non-hydrogen) atoms. The summed E-state index contributed by atoms with van der Waals surface area (Å²) in [5.74, 6) is -0.301. The zero-order valence-corrected chi connectivity index (χ0v) is 13.2. The number of piperidine rings is 1. The molecule has 1 aromatic carbocycles. The quantitative estimate of drug-likeness (QED) is 0.929. The van der Waals surface area contributed by atoms with Gasteiger partial charge < -0.3 is 10.2 Å². The van der Waals surface area contributed by atoms with Gasteiger partial charge in [0.1, 0.15) is 5.82 Å². The van der Waals surface area contributed by atoms with E-state index < -0.39 is 5.41 Å². The lowest BCUT2D eigenvalue weighted by Crippen LogP contribution is -2.51. The van der Waals surface area contributed by atoms with E-state index in [1.54, 1.807) is 17.0 Å². The number of nitrogens with zero attached hydrogens (tertiary/aromatic N) is 1. The zero-order chi connectivity index (χ0) is 16.2. The molecule has 1 aliphatic heterocycles. The van der Waals surface area contributed by atoms with Crippen LogP contribution in [0.4, 0.5) is 4.39 Å². The van der Waals surface area contributed by atoms with E-state index in [2.05, 4.69) is 5.32 Å². The Bertz CT molecular complexity index is 561. The van der Waals surface area contributed by atoms with E-state index in [1.807, 2.05) is 13.8 Å². The molecule has 0 bridgehead atoms. The molecule has 1 aliphatic rings. The van der Waals surface area contributed by atoms with Gasteiger partial charge in [-0.3, -0.25) is 9.59 Å². The number of likely N-dealkylation sites (tertiary alicyclic amines) is 1. The zero-order valence-electron chi connectivity index (χ0n) is 13.2. The van der Waals surface area contributed by atoms with Gasteiger partial charge in [-0.1, -0.05) is 19.1 Å². The van der Waals surface area contributed by atoms with Crippen LogP contribution in [0.25, 0.3) is 0 Å². The number of benzene rings is 1. The van der Waals surface area contributed by atoms with Crippen LogP contribution < -0.4 is 5.32 Å². The van der Waals surface area contributed by atoms with Crippen LogP contribution in [0.5, 0.6) is 0 Å². The maximum absolute atomic E-state index is 13.1. The molecule has 0 aliphatic carbocycles. The van der Waals surface area contributed by atoms with Crippen LogP contribution in [0.3, 0.4) is 0 Å². The summed E-state index contributed by atoms with van der Waals surface area (Å²) in [6.07, 6.45) is 2.05. The Morgan fingerprint density at radius 2 is 2.18 bits per heavy atom. The molecule has 1 N–H and O–H groups in total. The average Bonchev–Trinajstić information content (AvgIpc) is 2.52. The molecule has 120 valence electrons. The first-order valence-electron chi connectivity index (χ1n) is 7.75. The van der Waals surface area contributed by atoms with Gasteiger partial charge in [-0.05, 0) is 37.5 Å². The normalized spacial score (nSPS) is 21.5. The smallest absolute Gasteiger partial charge is 0.227 e. The van der Waals surface area contributed by atoms with Crippen LogP contribution >= 0.6 is 0 Å². The maximum Gasteiger partial charge on any atom is 0.227 e. The highest BCUT2D eigenvalue weighted by atomic mass is 19.1. The van der Waals surface area contributed by atoms with E-state index >= 15 is 0 Å². The van der Waals surface area contributed by atoms with Gasteiger partial charge in [0.25, 0.3) is 0 Å². The van der Waals surface area contributed by atoms with Crippen molar-refractivity contribution in [3.63, 3.8) is 0 Å². The van der Waals surface area contributed by atoms with Crippen molar-refractivity contribution in [2.75, 3.05) is 13.1 Å². The van der Waals surface area contributed by atoms with Crippen molar-refractivity contribution in [2.45, 2.75) is 39.7 Å². The van der Waals surface area contributed by atoms with Crippen LogP contribution in [0, 0.1) is 11.2 Å². The predicted molar refractivity (Wildman–Crippen MR) is 82.5 cm³/mol. The van der Waals surface area contributed by atoms with Gasteiger partial charge in [0.2, 0.25) is 11.8 Å². The highest BCUT2D eigenvalue weighted by molar-refractivity contribution is 5.84. The summed E-state index contributed by atoms with van der Waals surface area (Å²) in [7, 11) is 0. The van der Waals surface area contributed by atoms with Crippen molar-refractivity contribution in [1.29, 1.82) is 0 Å². The standard InChI is InChI=1S/C17H23FN2O2/c1-3-15(21)20-9-5-8-17(2,12-20)16(22)19-11-13-6-4-7-14(18)10-13/h4,6-7,10H,3,5,8-9,11-12H2,1-2H3,(H,19,22). The number of amides is 2. The highest BCUT2D eigenvalue weighted by Crippen LogP contribution is 2.30. The van der Waals surface area contributed by atoms with Gasteiger partial charge in [-0.25, -0.2) is 4.39 Å². The molecule has 2 rings (SSSR count). The Kier molecular flexibility index (Phi) is 5.16. The fraction of sp³-hybridized carbons (Fsp3) is 0.529. The van der Waals surface area contributed by atoms with Crippen LogP contribution in [-0.2, 0) is 16.1 Å². The minimum absolute atomic E-state index is 0.0784. The SMILES string of the molecule is CCC(=O)N1CCCC(C)(C(=O)NCc2cccc(F)c2)C1. The summed E-state index contributed by atoms with van der Waals surface area (Å²) in [5.41, 5.74) is 0.158. The molecule has 1 heterocycles. The number of hydrogen-bond acceptors (Lipinski definition) is 2. The van der Waals surface area contributed by atoms with Crippen molar-refractivity contribution >= 4 is 11.8 Å². The van der Waals surface area contributed by atoms with E-state index in [0.29, 0.717) is 19.5 Å². The van der Waals surface area contributed by atoms with Crippen LogP contribution in [0.1, 0.15) is 38.7 Å². The fourth-order valence-electron chi connectivity index (χ4n) is 2.90. The lowest BCUT2D eigenvalue weighted by Gasteiger charge is -2.39. The third kappa shape index (κ3) is 3.84. The Labute approximate surface area is 130 Å². The van der Waals surface area contributed by atoms with Gasteiger partial charge >= 0.3 is 0 Å². The predicted octanol–water partition coefficient (Wildman–Crippen LogP) is 2.48. The molecular formula is C17H23FN2O2. The Morgan fingerprint density at radius 3 is 2.86 bits per heavy atom. The van der Waals surface area contributed by atoms with Gasteiger partial charge in [-0.2, -0.15) is 0 Å². The average molecular weight is 306 g/mol. The first-order valence-corrected chi connectivity index (χ1v) is 7.75. The van der Waals surface area contributed by atoms with Crippen molar-refractivity contribution in [3.8, 4) is 0 Å². The number of hydrogen-bond donors (Lipinski definition) is 1. The summed E-state index contributed by atoms with van der Waals surface area (Å²) >= 11 is 0. The second-order valence-corrected chi connectivity index (χ2v) is 6.15. The molecule has 0 saturated carbocycles. The molecule has 0 radical (unpaired) electrons. The van der Waals surface area contributed by atoms with E-state index in [1.165, 1.54) is 12.1 Å². The summed E-state index contributed by atoms with van der Waals surface area (Å²) in [6, 6.07) is 6.19. The van der Waals surface area contributed by atoms with Gasteiger partial charge in [-0.15, -0.1) is 0 Å². The Morgan fingerprint density at radius 1 is 1.41 bits per heavy atom. The summed E-state index contributed by atoms with van der Waals surface area (Å²) in [5, 5.41) is 2.87. The number of nitrogens with one attached hydrogen (secondary N) is 1. The first-order chi connectivity index (χ1) is 10.4. The van der Waals surface area contributed by atoms with Crippen LogP contribution in [0.15, 0.2) is 24.3 Å². The molecule has 2 amide bonds. The monoisotopic (exact) mass is 306 g/mol. The molecule has 1 unspecified atom stereocenters. The van der Waals surface area contributed by atoms with Gasteiger partial charge in [0.15, 0.2) is 0 Å². The second kappa shape index (κ2) is 6.90. The Hall–Kier alpha value is -1.91. The van der Waals surface area contributed by atoms with Crippen molar-refractivity contribution in [2.24, 2.45) is 5.41 Å². The first kappa shape index (κ1) is 16.5. The summed E-state index contributed by atoms with van der Waals surface area (Å²) in [4.78, 5) is 26.1. The minimum Gasteiger partial charge on any atom is -0.351 e. The number of carbonyl (C=O) groups is 2. The maximum atomic E-state index is 13.1. The molecular weight excluding hydrogens is 283 g/mol. The number of carbonyl (C=O) groups excluding carboxylic acids is 2. The van der Waals surface area contributed by atoms with Gasteiger partial charge in [0.05, 0.1) is 5.41 Å². The second-order valence-electron chi connectivity index (χ2n) is 6.15. The molecule has 1 aromatic rings. The number of rotatable bonds is 4. The molecule has 0 aromatic heterocycles. The molecule has 0 spiro atoms. The van der Waals surface area contributed by atoms with Crippen LogP contribution in [0.2, 0.25) is 0 Å². The molecule has 4 nitrogen and oxygen atoms in total. The van der Waals surface area contributed by atoms with Crippen molar-refractivity contribution < 1.29 is 14.0 Å². The molecule has 1 saturated heterocycles. The highest BCUT2D eigenvalue weighted by Gasteiger charge is 2.38. The summed E-state index contributed by atoms with van der Waals surface area (Å²) in [6.45, 7) is 5.20. The molecule has 1 fully saturated rings. The van der Waals surface area contributed by atoms with E-state index in [9.17, 15) is 14.0 Å². The largest absolute Gasteiger partial charge is 0.351 e. The minimum atomic E-state index is -0.573. The van der Waals surface area contributed by atoms with E-state index in [4.69, 9.17) is 0 Å².